The molecule has 0 fully saturated rings. The Bertz CT molecular complexity index is 690. The Morgan fingerprint density at radius 3 is 2.33 bits per heavy atom. The average Bonchev–Trinajstić information content (AvgIpc) is 2.52. The quantitative estimate of drug-likeness (QED) is 0.413. The van der Waals surface area contributed by atoms with Crippen LogP contribution in [0.4, 0.5) is 0 Å². The minimum atomic E-state index is -3.72. The van der Waals surface area contributed by atoms with Crippen molar-refractivity contribution >= 4 is 27.7 Å². The highest BCUT2D eigenvalue weighted by molar-refractivity contribution is 7.88. The minimum Gasteiger partial charge on any atom is -0.370 e. The van der Waals surface area contributed by atoms with Crippen molar-refractivity contribution in [2.75, 3.05) is 13.6 Å². The molecular weight excluding hydrogens is 336 g/mol. The molecule has 0 spiro atoms. The molecule has 0 radical (unpaired) electrons. The lowest BCUT2D eigenvalue weighted by Gasteiger charge is -2.16. The van der Waals surface area contributed by atoms with Crippen LogP contribution in [0.5, 0.6) is 0 Å². The Balaban J connectivity index is 2.57. The molecule has 1 atom stereocenters. The molecule has 10 heteroatoms. The number of rotatable bonds is 9. The lowest BCUT2D eigenvalue weighted by Crippen LogP contribution is -2.50. The number of amides is 3. The number of sulfonamides is 1. The first-order valence-corrected chi connectivity index (χ1v) is 8.69. The second-order valence-electron chi connectivity index (χ2n) is 4.97. The molecule has 1 aromatic rings. The lowest BCUT2D eigenvalue weighted by atomic mass is 10.2. The molecule has 0 bridgehead atoms. The van der Waals surface area contributed by atoms with Gasteiger partial charge in [-0.1, -0.05) is 30.3 Å². The summed E-state index contributed by atoms with van der Waals surface area (Å²) < 4.78 is 26.0. The Hall–Kier alpha value is -2.46. The summed E-state index contributed by atoms with van der Waals surface area (Å²) in [6.07, 6.45) is -0.387. The first-order valence-electron chi connectivity index (χ1n) is 7.04. The largest absolute Gasteiger partial charge is 0.370 e. The van der Waals surface area contributed by atoms with Crippen LogP contribution in [0.25, 0.3) is 0 Å². The fraction of sp³-hybridized carbons (Fsp3) is 0.357. The van der Waals surface area contributed by atoms with E-state index < -0.39 is 40.3 Å². The van der Waals surface area contributed by atoms with Gasteiger partial charge >= 0.3 is 0 Å². The summed E-state index contributed by atoms with van der Waals surface area (Å²) in [7, 11) is -2.38. The molecule has 5 N–H and O–H groups in total. The van der Waals surface area contributed by atoms with E-state index in [2.05, 4.69) is 15.4 Å². The van der Waals surface area contributed by atoms with Crippen molar-refractivity contribution in [3.8, 4) is 0 Å². The summed E-state index contributed by atoms with van der Waals surface area (Å²) in [6.45, 7) is -0.554. The van der Waals surface area contributed by atoms with Crippen LogP contribution >= 0.6 is 0 Å². The van der Waals surface area contributed by atoms with Gasteiger partial charge in [0.1, 0.15) is 6.04 Å². The third-order valence-corrected chi connectivity index (χ3v) is 4.25. The van der Waals surface area contributed by atoms with Gasteiger partial charge in [-0.3, -0.25) is 14.4 Å². The smallest absolute Gasteiger partial charge is 0.242 e. The van der Waals surface area contributed by atoms with E-state index in [1.54, 1.807) is 30.3 Å². The van der Waals surface area contributed by atoms with E-state index in [1.165, 1.54) is 7.05 Å². The molecule has 0 saturated carbocycles. The predicted octanol–water partition coefficient (Wildman–Crippen LogP) is -1.79. The molecule has 0 aliphatic heterocycles. The standard InChI is InChI=1S/C14H20N4O5S/c1-16-14(21)11(7-12(15)19)18-13(20)8-17-24(22,23)9-10-5-3-2-4-6-10/h2-6,11,17H,7-9H2,1H3,(H2,15,19)(H,16,21)(H,18,20)/t11-/m0/s1. The zero-order valence-electron chi connectivity index (χ0n) is 13.1. The van der Waals surface area contributed by atoms with Crippen LogP contribution in [0, 0.1) is 0 Å². The summed E-state index contributed by atoms with van der Waals surface area (Å²) in [4.78, 5) is 34.2. The zero-order valence-corrected chi connectivity index (χ0v) is 13.9. The van der Waals surface area contributed by atoms with Crippen LogP contribution in [0.3, 0.4) is 0 Å². The molecular formula is C14H20N4O5S. The van der Waals surface area contributed by atoms with Gasteiger partial charge < -0.3 is 16.4 Å². The number of hydrogen-bond donors (Lipinski definition) is 4. The molecule has 9 nitrogen and oxygen atoms in total. The Morgan fingerprint density at radius 1 is 1.17 bits per heavy atom. The van der Waals surface area contributed by atoms with Crippen LogP contribution in [0.1, 0.15) is 12.0 Å². The van der Waals surface area contributed by atoms with Crippen molar-refractivity contribution < 1.29 is 22.8 Å². The molecule has 24 heavy (non-hydrogen) atoms. The third kappa shape index (κ3) is 7.20. The summed E-state index contributed by atoms with van der Waals surface area (Å²) in [6, 6.07) is 7.31. The number of hydrogen-bond acceptors (Lipinski definition) is 5. The van der Waals surface area contributed by atoms with Crippen LogP contribution in [-0.2, 0) is 30.2 Å². The number of nitrogens with two attached hydrogens (primary N) is 1. The summed E-state index contributed by atoms with van der Waals surface area (Å²) in [5.41, 5.74) is 5.58. The van der Waals surface area contributed by atoms with Crippen molar-refractivity contribution in [2.45, 2.75) is 18.2 Å². The van der Waals surface area contributed by atoms with Crippen LogP contribution in [0.2, 0.25) is 0 Å². The summed E-state index contributed by atoms with van der Waals surface area (Å²) >= 11 is 0. The van der Waals surface area contributed by atoms with Gasteiger partial charge in [0, 0.05) is 7.05 Å². The number of likely N-dealkylation sites (N-methyl/N-ethyl adjacent to an activating group) is 1. The second kappa shape index (κ2) is 8.99. The predicted molar refractivity (Wildman–Crippen MR) is 86.9 cm³/mol. The van der Waals surface area contributed by atoms with Gasteiger partial charge in [-0.05, 0) is 5.56 Å². The molecule has 0 saturated heterocycles. The molecule has 0 aliphatic rings. The van der Waals surface area contributed by atoms with Gasteiger partial charge in [-0.2, -0.15) is 0 Å². The fourth-order valence-corrected chi connectivity index (χ4v) is 2.93. The Kier molecular flexibility index (Phi) is 7.33. The van der Waals surface area contributed by atoms with Gasteiger partial charge in [0.15, 0.2) is 0 Å². The van der Waals surface area contributed by atoms with Crippen molar-refractivity contribution in [2.24, 2.45) is 5.73 Å². The third-order valence-electron chi connectivity index (χ3n) is 2.96. The minimum absolute atomic E-state index is 0.277. The molecule has 0 aromatic heterocycles. The van der Waals surface area contributed by atoms with E-state index in [9.17, 15) is 22.8 Å². The van der Waals surface area contributed by atoms with Crippen LogP contribution in [-0.4, -0.2) is 45.8 Å². The Labute approximate surface area is 140 Å². The molecule has 132 valence electrons. The maximum Gasteiger partial charge on any atom is 0.242 e. The van der Waals surface area contributed by atoms with Gasteiger partial charge in [-0.25, -0.2) is 13.1 Å². The molecule has 1 rings (SSSR count). The molecule has 0 aliphatic carbocycles. The number of carbonyl (C=O) groups excluding carboxylic acids is 3. The number of primary amides is 1. The normalized spacial score (nSPS) is 12.2. The van der Waals surface area contributed by atoms with E-state index in [0.29, 0.717) is 5.56 Å². The maximum absolute atomic E-state index is 11.9. The topological polar surface area (TPSA) is 147 Å². The van der Waals surface area contributed by atoms with Gasteiger partial charge in [0.2, 0.25) is 27.7 Å². The lowest BCUT2D eigenvalue weighted by molar-refractivity contribution is -0.130. The zero-order chi connectivity index (χ0) is 18.2. The SMILES string of the molecule is CNC(=O)[C@H](CC(N)=O)NC(=O)CNS(=O)(=O)Cc1ccccc1. The van der Waals surface area contributed by atoms with E-state index in [4.69, 9.17) is 5.73 Å². The van der Waals surface area contributed by atoms with Crippen molar-refractivity contribution in [1.82, 2.24) is 15.4 Å². The monoisotopic (exact) mass is 356 g/mol. The van der Waals surface area contributed by atoms with Crippen molar-refractivity contribution in [1.29, 1.82) is 0 Å². The number of nitrogens with one attached hydrogen (secondary N) is 3. The molecule has 1 aromatic carbocycles. The average molecular weight is 356 g/mol. The van der Waals surface area contributed by atoms with Gasteiger partial charge in [0.05, 0.1) is 18.7 Å². The number of carbonyl (C=O) groups is 3. The molecule has 0 unspecified atom stereocenters. The molecule has 0 heterocycles. The first-order chi connectivity index (χ1) is 11.2. The van der Waals surface area contributed by atoms with Gasteiger partial charge in [-0.15, -0.1) is 0 Å². The van der Waals surface area contributed by atoms with Crippen LogP contribution in [0.15, 0.2) is 30.3 Å². The van der Waals surface area contributed by atoms with E-state index >= 15 is 0 Å². The van der Waals surface area contributed by atoms with Gasteiger partial charge in [0.25, 0.3) is 0 Å². The highest BCUT2D eigenvalue weighted by Gasteiger charge is 2.22. The van der Waals surface area contributed by atoms with Crippen molar-refractivity contribution in [3.63, 3.8) is 0 Å². The highest BCUT2D eigenvalue weighted by Crippen LogP contribution is 2.03. The Morgan fingerprint density at radius 2 is 1.79 bits per heavy atom. The van der Waals surface area contributed by atoms with E-state index in [-0.39, 0.29) is 12.2 Å². The first kappa shape index (κ1) is 19.6. The summed E-state index contributed by atoms with van der Waals surface area (Å²) in [5, 5.41) is 4.54. The fourth-order valence-electron chi connectivity index (χ4n) is 1.85. The molecule has 3 amide bonds. The maximum atomic E-state index is 11.9. The van der Waals surface area contributed by atoms with E-state index in [0.717, 1.165) is 0 Å². The summed E-state index contributed by atoms with van der Waals surface area (Å²) in [5.74, 6) is -2.40. The van der Waals surface area contributed by atoms with Crippen LogP contribution < -0.4 is 21.1 Å². The highest BCUT2D eigenvalue weighted by atomic mass is 32.2. The van der Waals surface area contributed by atoms with Crippen molar-refractivity contribution in [3.05, 3.63) is 35.9 Å². The number of benzene rings is 1. The second-order valence-corrected chi connectivity index (χ2v) is 6.78. The van der Waals surface area contributed by atoms with E-state index in [1.807, 2.05) is 0 Å².